The second kappa shape index (κ2) is 7.29. The Hall–Kier alpha value is -1.35. The van der Waals surface area contributed by atoms with Gasteiger partial charge in [0.25, 0.3) is 0 Å². The van der Waals surface area contributed by atoms with Crippen LogP contribution in [0.1, 0.15) is 43.0 Å². The topological polar surface area (TPSA) is 38.3 Å². The molecule has 0 bridgehead atoms. The Morgan fingerprint density at radius 1 is 1.26 bits per heavy atom. The lowest BCUT2D eigenvalue weighted by atomic mass is 9.91. The summed E-state index contributed by atoms with van der Waals surface area (Å²) in [6.07, 6.45) is 3.90. The maximum atomic E-state index is 12.2. The smallest absolute Gasteiger partial charge is 0.163 e. The maximum Gasteiger partial charge on any atom is 0.163 e. The average Bonchev–Trinajstić information content (AvgIpc) is 2.46. The lowest BCUT2D eigenvalue weighted by Crippen LogP contribution is -2.28. The van der Waals surface area contributed by atoms with Gasteiger partial charge in [0.05, 0.1) is 6.61 Å². The third kappa shape index (κ3) is 4.35. The zero-order valence-electron chi connectivity index (χ0n) is 11.7. The third-order valence-electron chi connectivity index (χ3n) is 3.58. The fourth-order valence-electron chi connectivity index (χ4n) is 2.42. The van der Waals surface area contributed by atoms with Crippen LogP contribution in [-0.4, -0.2) is 25.5 Å². The summed E-state index contributed by atoms with van der Waals surface area (Å²) in [7, 11) is 0. The number of benzene rings is 1. The molecule has 104 valence electrons. The number of carbonyl (C=O) groups is 1. The summed E-state index contributed by atoms with van der Waals surface area (Å²) < 4.78 is 5.52. The summed E-state index contributed by atoms with van der Waals surface area (Å²) in [5.74, 6) is 1.65. The molecule has 1 saturated heterocycles. The van der Waals surface area contributed by atoms with Crippen LogP contribution in [0.5, 0.6) is 5.75 Å². The van der Waals surface area contributed by atoms with Gasteiger partial charge in [0, 0.05) is 12.0 Å². The molecule has 3 nitrogen and oxygen atoms in total. The minimum Gasteiger partial charge on any atom is -0.494 e. The van der Waals surface area contributed by atoms with Crippen molar-refractivity contribution in [2.45, 2.75) is 32.6 Å². The normalized spacial score (nSPS) is 16.3. The van der Waals surface area contributed by atoms with E-state index in [1.54, 1.807) is 0 Å². The Kier molecular flexibility index (Phi) is 5.40. The van der Waals surface area contributed by atoms with E-state index in [0.29, 0.717) is 12.3 Å². The first-order chi connectivity index (χ1) is 9.29. The third-order valence-corrected chi connectivity index (χ3v) is 3.58. The monoisotopic (exact) mass is 261 g/mol. The Bertz CT molecular complexity index is 394. The van der Waals surface area contributed by atoms with Crippen LogP contribution in [0.25, 0.3) is 0 Å². The number of nitrogens with one attached hydrogen (secondary N) is 1. The van der Waals surface area contributed by atoms with Gasteiger partial charge in [-0.1, -0.05) is 6.92 Å². The zero-order valence-corrected chi connectivity index (χ0v) is 11.7. The second-order valence-electron chi connectivity index (χ2n) is 5.19. The number of ether oxygens (including phenoxy) is 1. The van der Waals surface area contributed by atoms with Crippen LogP contribution in [0, 0.1) is 5.92 Å². The van der Waals surface area contributed by atoms with E-state index in [1.807, 2.05) is 24.3 Å². The van der Waals surface area contributed by atoms with Crippen molar-refractivity contribution in [3.63, 3.8) is 0 Å². The molecule has 0 spiro atoms. The molecule has 0 amide bonds. The highest BCUT2D eigenvalue weighted by molar-refractivity contribution is 5.96. The van der Waals surface area contributed by atoms with Crippen LogP contribution in [0.3, 0.4) is 0 Å². The number of ketones is 1. The van der Waals surface area contributed by atoms with Crippen molar-refractivity contribution in [3.05, 3.63) is 29.8 Å². The van der Waals surface area contributed by atoms with Crippen LogP contribution in [0.2, 0.25) is 0 Å². The van der Waals surface area contributed by atoms with Gasteiger partial charge in [0.15, 0.2) is 5.78 Å². The molecule has 0 saturated carbocycles. The number of hydrogen-bond acceptors (Lipinski definition) is 3. The van der Waals surface area contributed by atoms with E-state index < -0.39 is 0 Å². The highest BCUT2D eigenvalue weighted by Crippen LogP contribution is 2.20. The molecule has 1 heterocycles. The van der Waals surface area contributed by atoms with Gasteiger partial charge >= 0.3 is 0 Å². The molecule has 1 aromatic rings. The van der Waals surface area contributed by atoms with Gasteiger partial charge in [0.1, 0.15) is 5.75 Å². The van der Waals surface area contributed by atoms with Crippen molar-refractivity contribution in [2.75, 3.05) is 19.7 Å². The van der Waals surface area contributed by atoms with Crippen molar-refractivity contribution < 1.29 is 9.53 Å². The van der Waals surface area contributed by atoms with Gasteiger partial charge in [-0.3, -0.25) is 4.79 Å². The first-order valence-corrected chi connectivity index (χ1v) is 7.26. The van der Waals surface area contributed by atoms with Gasteiger partial charge < -0.3 is 10.1 Å². The SMILES string of the molecule is CCCOc1ccc(C(=O)CC2CCNCC2)cc1. The van der Waals surface area contributed by atoms with Crippen LogP contribution < -0.4 is 10.1 Å². The van der Waals surface area contributed by atoms with Gasteiger partial charge in [0.2, 0.25) is 0 Å². The predicted octanol–water partition coefficient (Wildman–Crippen LogP) is 3.05. The predicted molar refractivity (Wildman–Crippen MR) is 76.8 cm³/mol. The van der Waals surface area contributed by atoms with Crippen molar-refractivity contribution >= 4 is 5.78 Å². The number of Topliss-reactive ketones (excluding diaryl/α,β-unsaturated/α-hetero) is 1. The van der Waals surface area contributed by atoms with Crippen molar-refractivity contribution in [2.24, 2.45) is 5.92 Å². The van der Waals surface area contributed by atoms with Crippen molar-refractivity contribution in [1.82, 2.24) is 5.32 Å². The Morgan fingerprint density at radius 3 is 2.58 bits per heavy atom. The summed E-state index contributed by atoms with van der Waals surface area (Å²) in [5.41, 5.74) is 0.808. The molecule has 1 aliphatic heterocycles. The van der Waals surface area contributed by atoms with E-state index in [2.05, 4.69) is 12.2 Å². The Morgan fingerprint density at radius 2 is 1.95 bits per heavy atom. The number of hydrogen-bond donors (Lipinski definition) is 1. The molecule has 1 aromatic carbocycles. The molecular weight excluding hydrogens is 238 g/mol. The largest absolute Gasteiger partial charge is 0.494 e. The molecular formula is C16H23NO2. The highest BCUT2D eigenvalue weighted by atomic mass is 16.5. The van der Waals surface area contributed by atoms with Crippen LogP contribution >= 0.6 is 0 Å². The molecule has 0 radical (unpaired) electrons. The number of rotatable bonds is 6. The molecule has 0 atom stereocenters. The second-order valence-corrected chi connectivity index (χ2v) is 5.19. The van der Waals surface area contributed by atoms with E-state index in [0.717, 1.165) is 50.3 Å². The van der Waals surface area contributed by atoms with Crippen LogP contribution in [-0.2, 0) is 0 Å². The molecule has 1 N–H and O–H groups in total. The minimum atomic E-state index is 0.258. The first-order valence-electron chi connectivity index (χ1n) is 7.26. The molecule has 1 fully saturated rings. The quantitative estimate of drug-likeness (QED) is 0.800. The highest BCUT2D eigenvalue weighted by Gasteiger charge is 2.17. The average molecular weight is 261 g/mol. The summed E-state index contributed by atoms with van der Waals surface area (Å²) >= 11 is 0. The molecule has 19 heavy (non-hydrogen) atoms. The fourth-order valence-corrected chi connectivity index (χ4v) is 2.42. The Labute approximate surface area is 115 Å². The lowest BCUT2D eigenvalue weighted by molar-refractivity contribution is 0.0952. The van der Waals surface area contributed by atoms with Gasteiger partial charge in [-0.25, -0.2) is 0 Å². The van der Waals surface area contributed by atoms with E-state index in [9.17, 15) is 4.79 Å². The fraction of sp³-hybridized carbons (Fsp3) is 0.562. The first kappa shape index (κ1) is 14.1. The molecule has 0 aliphatic carbocycles. The lowest BCUT2D eigenvalue weighted by Gasteiger charge is -2.21. The summed E-state index contributed by atoms with van der Waals surface area (Å²) in [5, 5.41) is 3.33. The van der Waals surface area contributed by atoms with Crippen LogP contribution in [0.15, 0.2) is 24.3 Å². The van der Waals surface area contributed by atoms with Gasteiger partial charge in [-0.2, -0.15) is 0 Å². The molecule has 1 aliphatic rings. The summed E-state index contributed by atoms with van der Waals surface area (Å²) in [6, 6.07) is 7.56. The molecule has 0 aromatic heterocycles. The van der Waals surface area contributed by atoms with Crippen molar-refractivity contribution in [1.29, 1.82) is 0 Å². The zero-order chi connectivity index (χ0) is 13.5. The Balaban J connectivity index is 1.87. The van der Waals surface area contributed by atoms with Crippen LogP contribution in [0.4, 0.5) is 0 Å². The number of piperidine rings is 1. The molecule has 3 heteroatoms. The van der Waals surface area contributed by atoms with E-state index in [-0.39, 0.29) is 5.78 Å². The van der Waals surface area contributed by atoms with Crippen molar-refractivity contribution in [3.8, 4) is 5.75 Å². The van der Waals surface area contributed by atoms with E-state index >= 15 is 0 Å². The summed E-state index contributed by atoms with van der Waals surface area (Å²) in [4.78, 5) is 12.2. The van der Waals surface area contributed by atoms with Gasteiger partial charge in [-0.15, -0.1) is 0 Å². The molecule has 2 rings (SSSR count). The molecule has 0 unspecified atom stereocenters. The van der Waals surface area contributed by atoms with E-state index in [4.69, 9.17) is 4.74 Å². The van der Waals surface area contributed by atoms with E-state index in [1.165, 1.54) is 0 Å². The maximum absolute atomic E-state index is 12.2. The number of carbonyl (C=O) groups excluding carboxylic acids is 1. The minimum absolute atomic E-state index is 0.258. The summed E-state index contributed by atoms with van der Waals surface area (Å²) in [6.45, 7) is 4.89. The standard InChI is InChI=1S/C16H23NO2/c1-2-11-19-15-5-3-14(4-6-15)16(18)12-13-7-9-17-10-8-13/h3-6,13,17H,2,7-12H2,1H3. The van der Waals surface area contributed by atoms with Gasteiger partial charge in [-0.05, 0) is 62.5 Å².